The summed E-state index contributed by atoms with van der Waals surface area (Å²) in [4.78, 5) is 12.4. The fourth-order valence-electron chi connectivity index (χ4n) is 3.06. The first kappa shape index (κ1) is 25.3. The molecule has 0 bridgehead atoms. The summed E-state index contributed by atoms with van der Waals surface area (Å²) in [5.74, 6) is 1.65. The number of rotatable bonds is 11. The van der Waals surface area contributed by atoms with Crippen molar-refractivity contribution in [3.63, 3.8) is 0 Å². The minimum absolute atomic E-state index is 0.305. The van der Waals surface area contributed by atoms with Crippen LogP contribution in [0, 0.1) is 6.92 Å². The monoisotopic (exact) mass is 524 g/mol. The molecule has 3 rings (SSSR count). The number of amides is 1. The number of hydrazone groups is 1. The van der Waals surface area contributed by atoms with E-state index in [-0.39, 0.29) is 5.91 Å². The van der Waals surface area contributed by atoms with E-state index in [4.69, 9.17) is 14.2 Å². The Morgan fingerprint density at radius 2 is 1.74 bits per heavy atom. The summed E-state index contributed by atoms with van der Waals surface area (Å²) >= 11 is 3.57. The number of benzene rings is 3. The van der Waals surface area contributed by atoms with Gasteiger partial charge in [-0.3, -0.25) is 4.79 Å². The van der Waals surface area contributed by atoms with Gasteiger partial charge < -0.3 is 14.2 Å². The summed E-state index contributed by atoms with van der Waals surface area (Å²) in [6.07, 6.45) is 2.49. The Labute approximate surface area is 209 Å². The molecule has 3 aromatic carbocycles. The number of nitrogens with one attached hydrogen (secondary N) is 1. The fraction of sp³-hybridized carbons (Fsp3) is 0.259. The van der Waals surface area contributed by atoms with E-state index in [9.17, 15) is 4.79 Å². The molecule has 0 saturated carbocycles. The van der Waals surface area contributed by atoms with Crippen molar-refractivity contribution in [2.45, 2.75) is 33.8 Å². The number of carbonyl (C=O) groups excluding carboxylic acids is 1. The number of carbonyl (C=O) groups is 1. The highest BCUT2D eigenvalue weighted by molar-refractivity contribution is 9.10. The predicted octanol–water partition coefficient (Wildman–Crippen LogP) is 6.29. The molecule has 0 radical (unpaired) electrons. The molecule has 178 valence electrons. The zero-order chi connectivity index (χ0) is 24.3. The second kappa shape index (κ2) is 12.8. The molecule has 6 nitrogen and oxygen atoms in total. The summed E-state index contributed by atoms with van der Waals surface area (Å²) in [5.41, 5.74) is 6.07. The Morgan fingerprint density at radius 1 is 1.00 bits per heavy atom. The zero-order valence-electron chi connectivity index (χ0n) is 19.6. The van der Waals surface area contributed by atoms with Gasteiger partial charge in [-0.2, -0.15) is 5.10 Å². The Kier molecular flexibility index (Phi) is 9.52. The summed E-state index contributed by atoms with van der Waals surface area (Å²) in [7, 11) is 0. The van der Waals surface area contributed by atoms with Gasteiger partial charge in [0.25, 0.3) is 5.91 Å². The first-order valence-electron chi connectivity index (χ1n) is 11.2. The van der Waals surface area contributed by atoms with Crippen LogP contribution in [-0.4, -0.2) is 25.3 Å². The van der Waals surface area contributed by atoms with E-state index in [0.29, 0.717) is 36.9 Å². The number of ether oxygens (including phenoxy) is 3. The highest BCUT2D eigenvalue weighted by atomic mass is 79.9. The highest BCUT2D eigenvalue weighted by Gasteiger charge is 2.12. The predicted molar refractivity (Wildman–Crippen MR) is 138 cm³/mol. The zero-order valence-corrected chi connectivity index (χ0v) is 21.2. The molecule has 1 amide bonds. The van der Waals surface area contributed by atoms with Crippen LogP contribution in [-0.2, 0) is 6.61 Å². The Morgan fingerprint density at radius 3 is 2.41 bits per heavy atom. The van der Waals surface area contributed by atoms with Crippen molar-refractivity contribution in [3.8, 4) is 17.2 Å². The molecule has 34 heavy (non-hydrogen) atoms. The van der Waals surface area contributed by atoms with Gasteiger partial charge in [0.15, 0.2) is 11.5 Å². The molecule has 0 aliphatic heterocycles. The maximum atomic E-state index is 12.4. The minimum Gasteiger partial charge on any atom is -0.494 e. The van der Waals surface area contributed by atoms with Crippen LogP contribution in [0.2, 0.25) is 0 Å². The fourth-order valence-corrected chi connectivity index (χ4v) is 3.63. The van der Waals surface area contributed by atoms with E-state index in [2.05, 4.69) is 45.5 Å². The van der Waals surface area contributed by atoms with E-state index < -0.39 is 0 Å². The van der Waals surface area contributed by atoms with Gasteiger partial charge >= 0.3 is 0 Å². The summed E-state index contributed by atoms with van der Waals surface area (Å²) < 4.78 is 18.1. The first-order valence-corrected chi connectivity index (χ1v) is 12.0. The minimum atomic E-state index is -0.305. The quantitative estimate of drug-likeness (QED) is 0.236. The van der Waals surface area contributed by atoms with Gasteiger partial charge in [-0.05, 0) is 83.7 Å². The van der Waals surface area contributed by atoms with Crippen LogP contribution in [0.25, 0.3) is 0 Å². The number of hydrogen-bond acceptors (Lipinski definition) is 5. The smallest absolute Gasteiger partial charge is 0.271 e. The third-order valence-electron chi connectivity index (χ3n) is 4.80. The molecule has 1 N–H and O–H groups in total. The van der Waals surface area contributed by atoms with Gasteiger partial charge in [0.05, 0.1) is 23.9 Å². The van der Waals surface area contributed by atoms with Crippen molar-refractivity contribution in [1.82, 2.24) is 5.43 Å². The third kappa shape index (κ3) is 7.35. The lowest BCUT2D eigenvalue weighted by Crippen LogP contribution is -2.17. The van der Waals surface area contributed by atoms with E-state index in [1.54, 1.807) is 30.5 Å². The van der Waals surface area contributed by atoms with Crippen molar-refractivity contribution in [2.24, 2.45) is 5.10 Å². The molecular formula is C27H29BrN2O4. The van der Waals surface area contributed by atoms with E-state index >= 15 is 0 Å². The van der Waals surface area contributed by atoms with Crippen LogP contribution in [0.15, 0.2) is 70.2 Å². The second-order valence-corrected chi connectivity index (χ2v) is 8.46. The van der Waals surface area contributed by atoms with E-state index in [1.165, 1.54) is 5.56 Å². The molecule has 0 aliphatic carbocycles. The van der Waals surface area contributed by atoms with E-state index in [0.717, 1.165) is 27.8 Å². The average Bonchev–Trinajstić information content (AvgIpc) is 2.84. The maximum absolute atomic E-state index is 12.4. The normalized spacial score (nSPS) is 10.8. The van der Waals surface area contributed by atoms with Crippen LogP contribution in [0.4, 0.5) is 0 Å². The molecule has 0 aromatic heterocycles. The van der Waals surface area contributed by atoms with Crippen molar-refractivity contribution in [3.05, 3.63) is 87.4 Å². The topological polar surface area (TPSA) is 69.2 Å². The van der Waals surface area contributed by atoms with Gasteiger partial charge in [-0.25, -0.2) is 5.43 Å². The molecule has 0 aliphatic rings. The lowest BCUT2D eigenvalue weighted by molar-refractivity contribution is 0.0955. The Balaban J connectivity index is 1.65. The maximum Gasteiger partial charge on any atom is 0.271 e. The van der Waals surface area contributed by atoms with Crippen LogP contribution >= 0.6 is 15.9 Å². The molecule has 0 fully saturated rings. The Hall–Kier alpha value is -3.32. The van der Waals surface area contributed by atoms with Gasteiger partial charge in [-0.15, -0.1) is 0 Å². The van der Waals surface area contributed by atoms with Crippen molar-refractivity contribution < 1.29 is 19.0 Å². The highest BCUT2D eigenvalue weighted by Crippen LogP contribution is 2.37. The van der Waals surface area contributed by atoms with E-state index in [1.807, 2.05) is 38.1 Å². The standard InChI is InChI=1S/C27H29BrN2O4/c1-4-14-33-23-12-10-22(11-13-23)27(31)30-29-17-21-15-24(28)26(25(16-21)32-5-2)34-18-20-8-6-19(3)7-9-20/h6-13,15-17H,4-5,14,18H2,1-3H3,(H,30,31)/b29-17+. The molecule has 3 aromatic rings. The summed E-state index contributed by atoms with van der Waals surface area (Å²) in [6, 6.07) is 18.8. The third-order valence-corrected chi connectivity index (χ3v) is 5.39. The van der Waals surface area contributed by atoms with Crippen LogP contribution in [0.1, 0.15) is 47.3 Å². The molecule has 0 atom stereocenters. The number of halogens is 1. The average molecular weight is 525 g/mol. The molecule has 0 saturated heterocycles. The van der Waals surface area contributed by atoms with Gasteiger partial charge in [0, 0.05) is 5.56 Å². The summed E-state index contributed by atoms with van der Waals surface area (Å²) in [5, 5.41) is 4.09. The van der Waals surface area contributed by atoms with Crippen molar-refractivity contribution >= 4 is 28.1 Å². The van der Waals surface area contributed by atoms with Crippen LogP contribution in [0.5, 0.6) is 17.2 Å². The molecule has 0 heterocycles. The Bertz CT molecular complexity index is 1110. The van der Waals surface area contributed by atoms with Crippen molar-refractivity contribution in [2.75, 3.05) is 13.2 Å². The first-order chi connectivity index (χ1) is 16.5. The van der Waals surface area contributed by atoms with Gasteiger partial charge in [0.1, 0.15) is 12.4 Å². The lowest BCUT2D eigenvalue weighted by Gasteiger charge is -2.15. The molecular weight excluding hydrogens is 496 g/mol. The number of aryl methyl sites for hydroxylation is 1. The lowest BCUT2D eigenvalue weighted by atomic mass is 10.1. The number of hydrogen-bond donors (Lipinski definition) is 1. The second-order valence-electron chi connectivity index (χ2n) is 7.61. The van der Waals surface area contributed by atoms with Crippen LogP contribution in [0.3, 0.4) is 0 Å². The number of nitrogens with zero attached hydrogens (tertiary/aromatic N) is 1. The summed E-state index contributed by atoms with van der Waals surface area (Å²) in [6.45, 7) is 7.56. The SMILES string of the molecule is CCCOc1ccc(C(=O)N/N=C/c2cc(Br)c(OCc3ccc(C)cc3)c(OCC)c2)cc1. The molecule has 0 unspecified atom stereocenters. The van der Waals surface area contributed by atoms with Gasteiger partial charge in [0.2, 0.25) is 0 Å². The largest absolute Gasteiger partial charge is 0.494 e. The molecule has 7 heteroatoms. The van der Waals surface area contributed by atoms with Crippen molar-refractivity contribution in [1.29, 1.82) is 0 Å². The van der Waals surface area contributed by atoms with Gasteiger partial charge in [-0.1, -0.05) is 36.8 Å². The molecule has 0 spiro atoms. The van der Waals surface area contributed by atoms with Crippen LogP contribution < -0.4 is 19.6 Å².